The lowest BCUT2D eigenvalue weighted by Crippen LogP contribution is -2.01. The Hall–Kier alpha value is -2.01. The number of fused-ring (bicyclic) bond motifs is 1. The number of nitrogens with zero attached hydrogens (tertiary/aromatic N) is 4. The van der Waals surface area contributed by atoms with Gasteiger partial charge in [0.15, 0.2) is 16.6 Å². The van der Waals surface area contributed by atoms with Crippen LogP contribution in [0.2, 0.25) is 5.15 Å². The van der Waals surface area contributed by atoms with Crippen molar-refractivity contribution in [2.45, 2.75) is 20.8 Å². The summed E-state index contributed by atoms with van der Waals surface area (Å²) in [6.07, 6.45) is 0. The van der Waals surface area contributed by atoms with Gasteiger partial charge >= 0.3 is 0 Å². The van der Waals surface area contributed by atoms with Crippen molar-refractivity contribution in [2.75, 3.05) is 0 Å². The highest BCUT2D eigenvalue weighted by Crippen LogP contribution is 2.25. The first-order chi connectivity index (χ1) is 9.47. The first-order valence-electron chi connectivity index (χ1n) is 6.13. The molecular formula is C14H12ClFN4. The predicted molar refractivity (Wildman–Crippen MR) is 75.4 cm³/mol. The van der Waals surface area contributed by atoms with E-state index in [4.69, 9.17) is 11.6 Å². The number of aromatic nitrogens is 4. The minimum Gasteiger partial charge on any atom is -0.275 e. The maximum atomic E-state index is 13.6. The zero-order chi connectivity index (χ0) is 14.4. The van der Waals surface area contributed by atoms with Gasteiger partial charge in [0.05, 0.1) is 5.69 Å². The van der Waals surface area contributed by atoms with Crippen LogP contribution in [0.25, 0.3) is 17.0 Å². The van der Waals surface area contributed by atoms with Gasteiger partial charge in [-0.05, 0) is 44.5 Å². The molecule has 2 aromatic heterocycles. The molecule has 0 radical (unpaired) electrons. The fraction of sp³-hybridized carbons (Fsp3) is 0.214. The second-order valence-electron chi connectivity index (χ2n) is 4.77. The second-order valence-corrected chi connectivity index (χ2v) is 5.13. The van der Waals surface area contributed by atoms with Crippen LogP contribution in [0.4, 0.5) is 4.39 Å². The molecule has 0 atom stereocenters. The second kappa shape index (κ2) is 4.52. The molecule has 2 heterocycles. The van der Waals surface area contributed by atoms with Crippen LogP contribution in [0.15, 0.2) is 18.2 Å². The lowest BCUT2D eigenvalue weighted by atomic mass is 10.1. The third kappa shape index (κ3) is 1.94. The van der Waals surface area contributed by atoms with E-state index in [0.29, 0.717) is 22.2 Å². The lowest BCUT2D eigenvalue weighted by Gasteiger charge is -2.08. The summed E-state index contributed by atoms with van der Waals surface area (Å²) in [6, 6.07) is 4.77. The summed E-state index contributed by atoms with van der Waals surface area (Å²) in [5.74, 6) is 0.263. The molecule has 0 aliphatic heterocycles. The molecule has 4 nitrogen and oxygen atoms in total. The summed E-state index contributed by atoms with van der Waals surface area (Å²) in [5.41, 5.74) is 3.64. The molecule has 0 N–H and O–H groups in total. The predicted octanol–water partition coefficient (Wildman–Crippen LogP) is 3.51. The molecule has 3 rings (SSSR count). The fourth-order valence-corrected chi connectivity index (χ4v) is 2.48. The molecule has 0 saturated heterocycles. The molecule has 0 bridgehead atoms. The maximum absolute atomic E-state index is 13.6. The zero-order valence-electron chi connectivity index (χ0n) is 11.3. The van der Waals surface area contributed by atoms with Gasteiger partial charge in [0, 0.05) is 11.3 Å². The highest BCUT2D eigenvalue weighted by Gasteiger charge is 2.16. The Kier molecular flexibility index (Phi) is 2.94. The van der Waals surface area contributed by atoms with Crippen LogP contribution in [0, 0.1) is 26.6 Å². The molecule has 0 spiro atoms. The minimum absolute atomic E-state index is 0.292. The molecule has 20 heavy (non-hydrogen) atoms. The van der Waals surface area contributed by atoms with E-state index in [-0.39, 0.29) is 5.82 Å². The summed E-state index contributed by atoms with van der Waals surface area (Å²) in [6.45, 7) is 5.61. The van der Waals surface area contributed by atoms with Gasteiger partial charge in [-0.2, -0.15) is 0 Å². The zero-order valence-corrected chi connectivity index (χ0v) is 12.0. The SMILES string of the molecule is Cc1cc(F)cc(-c2nnc3c(Cl)nc(C)c(C)n23)c1. The van der Waals surface area contributed by atoms with E-state index in [9.17, 15) is 4.39 Å². The number of rotatable bonds is 1. The van der Waals surface area contributed by atoms with Crippen LogP contribution in [0.1, 0.15) is 17.0 Å². The maximum Gasteiger partial charge on any atom is 0.199 e. The van der Waals surface area contributed by atoms with Crippen molar-refractivity contribution in [2.24, 2.45) is 0 Å². The van der Waals surface area contributed by atoms with Crippen molar-refractivity contribution in [1.82, 2.24) is 19.6 Å². The van der Waals surface area contributed by atoms with Crippen molar-refractivity contribution < 1.29 is 4.39 Å². The highest BCUT2D eigenvalue weighted by molar-refractivity contribution is 6.32. The largest absolute Gasteiger partial charge is 0.275 e. The molecule has 0 saturated carbocycles. The van der Waals surface area contributed by atoms with E-state index in [1.54, 1.807) is 4.40 Å². The molecule has 6 heteroatoms. The van der Waals surface area contributed by atoms with Crippen LogP contribution in [0.3, 0.4) is 0 Å². The first kappa shape index (κ1) is 13.0. The number of halogens is 2. The lowest BCUT2D eigenvalue weighted by molar-refractivity contribution is 0.627. The summed E-state index contributed by atoms with van der Waals surface area (Å²) in [4.78, 5) is 4.21. The van der Waals surface area contributed by atoms with Crippen LogP contribution in [-0.4, -0.2) is 19.6 Å². The summed E-state index contributed by atoms with van der Waals surface area (Å²) >= 11 is 6.09. The van der Waals surface area contributed by atoms with Crippen molar-refractivity contribution in [3.8, 4) is 11.4 Å². The standard InChI is InChI=1S/C14H12ClFN4/c1-7-4-10(6-11(16)5-7)13-18-19-14-12(15)17-8(2)9(3)20(13)14/h4-6H,1-3H3. The van der Waals surface area contributed by atoms with E-state index in [2.05, 4.69) is 15.2 Å². The molecule has 0 fully saturated rings. The summed E-state index contributed by atoms with van der Waals surface area (Å²) < 4.78 is 15.4. The molecule has 0 amide bonds. The molecule has 0 unspecified atom stereocenters. The summed E-state index contributed by atoms with van der Waals surface area (Å²) in [5, 5.41) is 8.48. The van der Waals surface area contributed by atoms with Gasteiger partial charge < -0.3 is 0 Å². The molecule has 0 aliphatic rings. The quantitative estimate of drug-likeness (QED) is 0.689. The first-order valence-corrected chi connectivity index (χ1v) is 6.50. The number of hydrogen-bond donors (Lipinski definition) is 0. The van der Waals surface area contributed by atoms with E-state index in [0.717, 1.165) is 17.0 Å². The monoisotopic (exact) mass is 290 g/mol. The number of hydrogen-bond acceptors (Lipinski definition) is 3. The normalized spacial score (nSPS) is 11.2. The van der Waals surface area contributed by atoms with E-state index in [1.165, 1.54) is 12.1 Å². The Balaban J connectivity index is 2.37. The molecule has 1 aromatic carbocycles. The number of aryl methyl sites for hydroxylation is 3. The molecule has 3 aromatic rings. The Labute approximate surface area is 120 Å². The minimum atomic E-state index is -0.300. The Bertz CT molecular complexity index is 805. The highest BCUT2D eigenvalue weighted by atomic mass is 35.5. The Morgan fingerprint density at radius 2 is 1.85 bits per heavy atom. The topological polar surface area (TPSA) is 43.1 Å². The van der Waals surface area contributed by atoms with Crippen molar-refractivity contribution in [1.29, 1.82) is 0 Å². The van der Waals surface area contributed by atoms with Gasteiger partial charge in [-0.1, -0.05) is 11.6 Å². The molecule has 102 valence electrons. The van der Waals surface area contributed by atoms with Gasteiger partial charge in [-0.25, -0.2) is 9.37 Å². The van der Waals surface area contributed by atoms with E-state index in [1.807, 2.05) is 26.8 Å². The Morgan fingerprint density at radius 3 is 2.55 bits per heavy atom. The average molecular weight is 291 g/mol. The molecular weight excluding hydrogens is 279 g/mol. The van der Waals surface area contributed by atoms with Gasteiger partial charge in [0.1, 0.15) is 5.82 Å². The van der Waals surface area contributed by atoms with Crippen LogP contribution < -0.4 is 0 Å². The fourth-order valence-electron chi connectivity index (χ4n) is 2.23. The smallest absolute Gasteiger partial charge is 0.199 e. The van der Waals surface area contributed by atoms with E-state index < -0.39 is 0 Å². The van der Waals surface area contributed by atoms with Crippen molar-refractivity contribution in [3.05, 3.63) is 46.1 Å². The van der Waals surface area contributed by atoms with Crippen LogP contribution in [0.5, 0.6) is 0 Å². The Morgan fingerprint density at radius 1 is 1.10 bits per heavy atom. The van der Waals surface area contributed by atoms with Gasteiger partial charge in [0.2, 0.25) is 0 Å². The van der Waals surface area contributed by atoms with Crippen molar-refractivity contribution in [3.63, 3.8) is 0 Å². The average Bonchev–Trinajstić information content (AvgIpc) is 2.80. The van der Waals surface area contributed by atoms with Gasteiger partial charge in [0.25, 0.3) is 0 Å². The molecule has 0 aliphatic carbocycles. The van der Waals surface area contributed by atoms with Gasteiger partial charge in [-0.3, -0.25) is 4.40 Å². The van der Waals surface area contributed by atoms with E-state index >= 15 is 0 Å². The van der Waals surface area contributed by atoms with Crippen LogP contribution in [-0.2, 0) is 0 Å². The number of benzene rings is 1. The van der Waals surface area contributed by atoms with Crippen molar-refractivity contribution >= 4 is 17.2 Å². The van der Waals surface area contributed by atoms with Crippen LogP contribution >= 0.6 is 11.6 Å². The third-order valence-electron chi connectivity index (χ3n) is 3.27. The third-order valence-corrected chi connectivity index (χ3v) is 3.53. The van der Waals surface area contributed by atoms with Gasteiger partial charge in [-0.15, -0.1) is 10.2 Å². The summed E-state index contributed by atoms with van der Waals surface area (Å²) in [7, 11) is 0.